The van der Waals surface area contributed by atoms with E-state index in [2.05, 4.69) is 10.3 Å². The Kier molecular flexibility index (Phi) is 4.40. The number of hydrogen-bond donors (Lipinski definition) is 2. The zero-order valence-corrected chi connectivity index (χ0v) is 16.9. The first-order valence-electron chi connectivity index (χ1n) is 10.3. The van der Waals surface area contributed by atoms with Crippen molar-refractivity contribution in [3.05, 3.63) is 40.3 Å². The molecule has 2 unspecified atom stereocenters. The van der Waals surface area contributed by atoms with Gasteiger partial charge in [0.05, 0.1) is 28.2 Å². The summed E-state index contributed by atoms with van der Waals surface area (Å²) in [5.74, 6) is 0.710. The Morgan fingerprint density at radius 1 is 1.07 bits per heavy atom. The Balaban J connectivity index is 0.00000181. The largest absolute Gasteiger partial charge is 0.317 e. The number of aromatic amines is 1. The van der Waals surface area contributed by atoms with Crippen molar-refractivity contribution < 1.29 is 4.79 Å². The molecule has 4 heterocycles. The lowest BCUT2D eigenvalue weighted by Gasteiger charge is -2.43. The molecular formula is C21H24ClN5O2. The van der Waals surface area contributed by atoms with Crippen LogP contribution in [0.2, 0.25) is 0 Å². The highest BCUT2D eigenvalue weighted by Crippen LogP contribution is 2.45. The molecule has 2 aliphatic heterocycles. The zero-order chi connectivity index (χ0) is 18.8. The van der Waals surface area contributed by atoms with Crippen molar-refractivity contribution in [1.29, 1.82) is 0 Å². The number of nitrogens with zero attached hydrogens (tertiary/aromatic N) is 3. The molecule has 2 atom stereocenters. The molecule has 6 rings (SSSR count). The normalized spacial score (nSPS) is 24.6. The summed E-state index contributed by atoms with van der Waals surface area (Å²) < 4.78 is 1.90. The first kappa shape index (κ1) is 18.6. The van der Waals surface area contributed by atoms with Crippen molar-refractivity contribution in [1.82, 2.24) is 19.9 Å². The van der Waals surface area contributed by atoms with Crippen LogP contribution in [0.4, 0.5) is 5.69 Å². The quantitative estimate of drug-likeness (QED) is 0.632. The number of anilines is 1. The van der Waals surface area contributed by atoms with Gasteiger partial charge in [0.1, 0.15) is 5.65 Å². The monoisotopic (exact) mass is 413 g/mol. The molecule has 0 bridgehead atoms. The fourth-order valence-electron chi connectivity index (χ4n) is 5.47. The van der Waals surface area contributed by atoms with E-state index in [4.69, 9.17) is 5.10 Å². The van der Waals surface area contributed by atoms with E-state index in [0.717, 1.165) is 67.5 Å². The van der Waals surface area contributed by atoms with E-state index in [-0.39, 0.29) is 29.8 Å². The Hall–Kier alpha value is -2.38. The number of amides is 1. The van der Waals surface area contributed by atoms with E-state index in [1.54, 1.807) is 6.07 Å². The van der Waals surface area contributed by atoms with Crippen LogP contribution >= 0.6 is 12.4 Å². The van der Waals surface area contributed by atoms with Crippen molar-refractivity contribution in [2.24, 2.45) is 5.92 Å². The summed E-state index contributed by atoms with van der Waals surface area (Å²) >= 11 is 0. The van der Waals surface area contributed by atoms with E-state index in [0.29, 0.717) is 17.6 Å². The third kappa shape index (κ3) is 2.64. The lowest BCUT2D eigenvalue weighted by molar-refractivity contribution is -0.128. The van der Waals surface area contributed by atoms with Crippen molar-refractivity contribution in [3.63, 3.8) is 0 Å². The van der Waals surface area contributed by atoms with Gasteiger partial charge in [-0.15, -0.1) is 12.4 Å². The minimum absolute atomic E-state index is 0. The number of benzene rings is 1. The van der Waals surface area contributed by atoms with Crippen LogP contribution in [0.3, 0.4) is 0 Å². The van der Waals surface area contributed by atoms with E-state index < -0.39 is 0 Å². The Labute approximate surface area is 173 Å². The molecule has 0 spiro atoms. The molecule has 1 amide bonds. The molecule has 1 aromatic carbocycles. The van der Waals surface area contributed by atoms with E-state index in [9.17, 15) is 9.59 Å². The number of halogens is 1. The van der Waals surface area contributed by atoms with Crippen molar-refractivity contribution in [3.8, 4) is 0 Å². The predicted octanol–water partition coefficient (Wildman–Crippen LogP) is 2.58. The first-order valence-corrected chi connectivity index (χ1v) is 10.3. The number of β-lactam (4-membered cyclic amide) rings is 1. The lowest BCUT2D eigenvalue weighted by atomic mass is 9.89. The fraction of sp³-hybridized carbons (Fsp3) is 0.476. The van der Waals surface area contributed by atoms with Gasteiger partial charge in [0, 0.05) is 18.0 Å². The third-order valence-corrected chi connectivity index (χ3v) is 6.82. The molecule has 8 heteroatoms. The molecule has 3 fully saturated rings. The number of carbonyl (C=O) groups is 1. The van der Waals surface area contributed by atoms with Crippen LogP contribution in [0.15, 0.2) is 29.1 Å². The van der Waals surface area contributed by atoms with Crippen LogP contribution in [0.5, 0.6) is 0 Å². The molecule has 7 nitrogen and oxygen atoms in total. The number of piperidine rings is 1. The van der Waals surface area contributed by atoms with E-state index in [1.165, 1.54) is 0 Å². The molecule has 2 saturated heterocycles. The number of nitrogens with one attached hydrogen (secondary N) is 2. The second kappa shape index (κ2) is 6.85. The molecule has 1 aliphatic carbocycles. The topological polar surface area (TPSA) is 82.5 Å². The number of rotatable bonds is 2. The number of H-pyrrole nitrogens is 1. The first-order chi connectivity index (χ1) is 13.7. The number of carbonyl (C=O) groups excluding carboxylic acids is 1. The van der Waals surface area contributed by atoms with Gasteiger partial charge in [0.25, 0.3) is 5.56 Å². The molecule has 2 N–H and O–H groups in total. The average Bonchev–Trinajstić information content (AvgIpc) is 3.30. The molecule has 3 aliphatic rings. The van der Waals surface area contributed by atoms with Gasteiger partial charge in [-0.1, -0.05) is 12.5 Å². The lowest BCUT2D eigenvalue weighted by Crippen LogP contribution is -2.58. The van der Waals surface area contributed by atoms with Crippen LogP contribution in [-0.4, -0.2) is 39.6 Å². The smallest absolute Gasteiger partial charge is 0.251 e. The van der Waals surface area contributed by atoms with Crippen LogP contribution in [0.1, 0.15) is 43.7 Å². The van der Waals surface area contributed by atoms with Crippen LogP contribution in [0, 0.1) is 5.92 Å². The van der Waals surface area contributed by atoms with Crippen LogP contribution < -0.4 is 15.8 Å². The molecule has 1 saturated carbocycles. The number of aromatic nitrogens is 3. The third-order valence-electron chi connectivity index (χ3n) is 6.82. The molecule has 29 heavy (non-hydrogen) atoms. The summed E-state index contributed by atoms with van der Waals surface area (Å²) in [5, 5.41) is 9.09. The maximum atomic E-state index is 12.7. The summed E-state index contributed by atoms with van der Waals surface area (Å²) in [6, 6.07) is 7.91. The second-order valence-corrected chi connectivity index (χ2v) is 8.33. The van der Waals surface area contributed by atoms with Gasteiger partial charge >= 0.3 is 0 Å². The number of fused-ring (bicyclic) bond motifs is 4. The van der Waals surface area contributed by atoms with Gasteiger partial charge in [-0.3, -0.25) is 9.59 Å². The highest BCUT2D eigenvalue weighted by Gasteiger charge is 2.50. The van der Waals surface area contributed by atoms with Gasteiger partial charge in [-0.25, -0.2) is 4.52 Å². The van der Waals surface area contributed by atoms with Gasteiger partial charge < -0.3 is 15.2 Å². The maximum Gasteiger partial charge on any atom is 0.251 e. The SMILES string of the molecule is Cl.O=C1C2CCCC2N1c1cccc2nn3c(C4CCNCC4)cc(=O)[nH]c3c12. The van der Waals surface area contributed by atoms with Crippen molar-refractivity contribution in [2.45, 2.75) is 44.1 Å². The molecule has 3 aromatic rings. The summed E-state index contributed by atoms with van der Waals surface area (Å²) in [4.78, 5) is 30.2. The molecule has 2 aromatic heterocycles. The fourth-order valence-corrected chi connectivity index (χ4v) is 5.47. The minimum Gasteiger partial charge on any atom is -0.317 e. The van der Waals surface area contributed by atoms with Crippen molar-refractivity contribution in [2.75, 3.05) is 18.0 Å². The molecular weight excluding hydrogens is 390 g/mol. The van der Waals surface area contributed by atoms with Gasteiger partial charge in [-0.05, 0) is 50.9 Å². The zero-order valence-electron chi connectivity index (χ0n) is 16.1. The minimum atomic E-state index is -0.105. The summed E-state index contributed by atoms with van der Waals surface area (Å²) in [5.41, 5.74) is 3.28. The van der Waals surface area contributed by atoms with Crippen molar-refractivity contribution >= 4 is 40.6 Å². The summed E-state index contributed by atoms with van der Waals surface area (Å²) in [6.45, 7) is 1.91. The number of hydrogen-bond acceptors (Lipinski definition) is 4. The summed E-state index contributed by atoms with van der Waals surface area (Å²) in [7, 11) is 0. The Bertz CT molecular complexity index is 1160. The highest BCUT2D eigenvalue weighted by molar-refractivity contribution is 6.12. The van der Waals surface area contributed by atoms with Gasteiger partial charge in [0.2, 0.25) is 5.91 Å². The second-order valence-electron chi connectivity index (χ2n) is 8.33. The maximum absolute atomic E-state index is 12.7. The average molecular weight is 414 g/mol. The molecule has 152 valence electrons. The van der Waals surface area contributed by atoms with Gasteiger partial charge in [0.15, 0.2) is 0 Å². The standard InChI is InChI=1S/C21H23N5O2.ClH/c27-18-11-17(12-7-9-22-10-8-12)26-20(23-18)19-14(24-26)4-2-6-16(19)25-15-5-1-3-13(15)21(25)28;/h2,4,6,11-13,15,22H,1,3,5,7-10H2,(H,23,27);1H. The Morgan fingerprint density at radius 3 is 2.72 bits per heavy atom. The predicted molar refractivity (Wildman–Crippen MR) is 114 cm³/mol. The van der Waals surface area contributed by atoms with Gasteiger partial charge in [-0.2, -0.15) is 5.10 Å². The van der Waals surface area contributed by atoms with Crippen LogP contribution in [0.25, 0.3) is 16.6 Å². The van der Waals surface area contributed by atoms with E-state index in [1.807, 2.05) is 27.6 Å². The van der Waals surface area contributed by atoms with Crippen LogP contribution in [-0.2, 0) is 4.79 Å². The Morgan fingerprint density at radius 2 is 1.90 bits per heavy atom. The summed E-state index contributed by atoms with van der Waals surface area (Å²) in [6.07, 6.45) is 5.16. The van der Waals surface area contributed by atoms with E-state index >= 15 is 0 Å². The molecule has 0 radical (unpaired) electrons. The highest BCUT2D eigenvalue weighted by atomic mass is 35.5.